The van der Waals surface area contributed by atoms with Crippen LogP contribution in [0, 0.1) is 18.8 Å². The number of aryl methyl sites for hydroxylation is 1. The number of hydrogen-bond acceptors (Lipinski definition) is 4. The zero-order valence-electron chi connectivity index (χ0n) is 18.4. The van der Waals surface area contributed by atoms with E-state index in [1.165, 1.54) is 6.26 Å². The minimum atomic E-state index is -0.645. The summed E-state index contributed by atoms with van der Waals surface area (Å²) in [6, 6.07) is 9.97. The molecule has 0 spiro atoms. The Morgan fingerprint density at radius 1 is 1.10 bits per heavy atom. The average Bonchev–Trinajstić information content (AvgIpc) is 3.31. The first-order chi connectivity index (χ1) is 14.8. The van der Waals surface area contributed by atoms with Gasteiger partial charge in [0, 0.05) is 25.2 Å². The van der Waals surface area contributed by atoms with Gasteiger partial charge < -0.3 is 20.0 Å². The van der Waals surface area contributed by atoms with E-state index in [4.69, 9.17) is 4.42 Å². The Labute approximate surface area is 183 Å². The van der Waals surface area contributed by atoms with Crippen LogP contribution in [0.15, 0.2) is 47.1 Å². The second kappa shape index (κ2) is 10.3. The van der Waals surface area contributed by atoms with Gasteiger partial charge in [0.15, 0.2) is 5.76 Å². The van der Waals surface area contributed by atoms with Crippen molar-refractivity contribution in [2.45, 2.75) is 39.7 Å². The molecule has 1 saturated heterocycles. The van der Waals surface area contributed by atoms with Gasteiger partial charge in [-0.1, -0.05) is 31.5 Å². The number of likely N-dealkylation sites (tertiary alicyclic amines) is 1. The highest BCUT2D eigenvalue weighted by molar-refractivity contribution is 5.97. The van der Waals surface area contributed by atoms with Gasteiger partial charge in [-0.15, -0.1) is 0 Å². The van der Waals surface area contributed by atoms with Gasteiger partial charge in [-0.25, -0.2) is 0 Å². The number of piperidine rings is 1. The molecule has 2 N–H and O–H groups in total. The van der Waals surface area contributed by atoms with Gasteiger partial charge in [0.05, 0.1) is 6.26 Å². The number of nitrogens with one attached hydrogen (secondary N) is 2. The number of hydrogen-bond donors (Lipinski definition) is 2. The van der Waals surface area contributed by atoms with Gasteiger partial charge in [-0.05, 0) is 55.9 Å². The zero-order chi connectivity index (χ0) is 22.4. The molecule has 1 aromatic heterocycles. The van der Waals surface area contributed by atoms with E-state index in [2.05, 4.69) is 10.6 Å². The first-order valence-corrected chi connectivity index (χ1v) is 10.8. The number of rotatable bonds is 7. The van der Waals surface area contributed by atoms with Crippen LogP contribution in [0.1, 0.15) is 53.2 Å². The van der Waals surface area contributed by atoms with E-state index in [0.717, 1.165) is 5.56 Å². The lowest BCUT2D eigenvalue weighted by atomic mass is 9.88. The molecule has 0 bridgehead atoms. The summed E-state index contributed by atoms with van der Waals surface area (Å²) in [7, 11) is 0. The Hall–Kier alpha value is -3.09. The third-order valence-electron chi connectivity index (χ3n) is 5.60. The molecular formula is C24H31N3O4. The molecule has 2 aromatic rings. The van der Waals surface area contributed by atoms with E-state index in [1.807, 2.05) is 32.9 Å². The van der Waals surface area contributed by atoms with Crippen molar-refractivity contribution in [3.63, 3.8) is 0 Å². The third kappa shape index (κ3) is 5.96. The fourth-order valence-corrected chi connectivity index (χ4v) is 3.73. The molecule has 3 amide bonds. The highest BCUT2D eigenvalue weighted by Crippen LogP contribution is 2.23. The molecule has 1 unspecified atom stereocenters. The standard InChI is InChI=1S/C24H31N3O4/c1-16(2)15-25-23(29)21(26-22(28)19-8-6-17(3)7-9-19)18-10-12-27(13-11-18)24(30)20-5-4-14-31-20/h4-9,14,16,18,21H,10-13,15H2,1-3H3,(H,25,29)(H,26,28). The van der Waals surface area contributed by atoms with Crippen molar-refractivity contribution in [2.75, 3.05) is 19.6 Å². The van der Waals surface area contributed by atoms with Crippen LogP contribution in [0.25, 0.3) is 0 Å². The molecule has 1 aliphatic rings. The number of amides is 3. The van der Waals surface area contributed by atoms with E-state index in [1.54, 1.807) is 29.2 Å². The van der Waals surface area contributed by atoms with Crippen molar-refractivity contribution in [2.24, 2.45) is 11.8 Å². The fraction of sp³-hybridized carbons (Fsp3) is 0.458. The molecular weight excluding hydrogens is 394 g/mol. The van der Waals surface area contributed by atoms with E-state index in [0.29, 0.717) is 49.7 Å². The molecule has 0 saturated carbocycles. The van der Waals surface area contributed by atoms with Crippen LogP contribution in [-0.2, 0) is 4.79 Å². The van der Waals surface area contributed by atoms with E-state index >= 15 is 0 Å². The molecule has 1 fully saturated rings. The lowest BCUT2D eigenvalue weighted by Gasteiger charge is -2.35. The Morgan fingerprint density at radius 2 is 1.77 bits per heavy atom. The van der Waals surface area contributed by atoms with Crippen LogP contribution in [-0.4, -0.2) is 48.3 Å². The summed E-state index contributed by atoms with van der Waals surface area (Å²) in [6.45, 7) is 7.59. The van der Waals surface area contributed by atoms with Gasteiger partial charge in [0.2, 0.25) is 5.91 Å². The predicted molar refractivity (Wildman–Crippen MR) is 118 cm³/mol. The number of carbonyl (C=O) groups excluding carboxylic acids is 3. The smallest absolute Gasteiger partial charge is 0.289 e. The van der Waals surface area contributed by atoms with Gasteiger partial charge in [0.25, 0.3) is 11.8 Å². The number of carbonyl (C=O) groups is 3. The Balaban J connectivity index is 1.67. The second-order valence-corrected chi connectivity index (χ2v) is 8.56. The van der Waals surface area contributed by atoms with Crippen molar-refractivity contribution in [3.8, 4) is 0 Å². The summed E-state index contributed by atoms with van der Waals surface area (Å²) in [5.74, 6) is -0.0126. The molecule has 2 heterocycles. The average molecular weight is 426 g/mol. The monoisotopic (exact) mass is 425 g/mol. The zero-order valence-corrected chi connectivity index (χ0v) is 18.4. The van der Waals surface area contributed by atoms with Crippen molar-refractivity contribution in [3.05, 3.63) is 59.5 Å². The van der Waals surface area contributed by atoms with E-state index in [-0.39, 0.29) is 23.6 Å². The summed E-state index contributed by atoms with van der Waals surface area (Å²) in [5, 5.41) is 5.90. The minimum Gasteiger partial charge on any atom is -0.459 e. The predicted octanol–water partition coefficient (Wildman–Crippen LogP) is 3.01. The van der Waals surface area contributed by atoms with Crippen LogP contribution in [0.2, 0.25) is 0 Å². The number of nitrogens with zero attached hydrogens (tertiary/aromatic N) is 1. The second-order valence-electron chi connectivity index (χ2n) is 8.56. The van der Waals surface area contributed by atoms with Crippen molar-refractivity contribution >= 4 is 17.7 Å². The largest absolute Gasteiger partial charge is 0.459 e. The van der Waals surface area contributed by atoms with Crippen LogP contribution in [0.3, 0.4) is 0 Å². The summed E-state index contributed by atoms with van der Waals surface area (Å²) in [5.41, 5.74) is 1.59. The Morgan fingerprint density at radius 3 is 2.35 bits per heavy atom. The van der Waals surface area contributed by atoms with Crippen LogP contribution >= 0.6 is 0 Å². The minimum absolute atomic E-state index is 0.0535. The van der Waals surface area contributed by atoms with Crippen molar-refractivity contribution in [1.29, 1.82) is 0 Å². The number of benzene rings is 1. The normalized spacial score (nSPS) is 15.5. The molecule has 1 aromatic carbocycles. The summed E-state index contributed by atoms with van der Waals surface area (Å²) >= 11 is 0. The molecule has 1 atom stereocenters. The van der Waals surface area contributed by atoms with Crippen molar-refractivity contribution < 1.29 is 18.8 Å². The van der Waals surface area contributed by atoms with Crippen LogP contribution in [0.5, 0.6) is 0 Å². The fourth-order valence-electron chi connectivity index (χ4n) is 3.73. The van der Waals surface area contributed by atoms with Crippen LogP contribution in [0.4, 0.5) is 0 Å². The highest BCUT2D eigenvalue weighted by atomic mass is 16.3. The highest BCUT2D eigenvalue weighted by Gasteiger charge is 2.34. The quantitative estimate of drug-likeness (QED) is 0.713. The maximum Gasteiger partial charge on any atom is 0.289 e. The molecule has 0 radical (unpaired) electrons. The topological polar surface area (TPSA) is 91.7 Å². The van der Waals surface area contributed by atoms with Crippen molar-refractivity contribution in [1.82, 2.24) is 15.5 Å². The molecule has 7 nitrogen and oxygen atoms in total. The van der Waals surface area contributed by atoms with Crippen LogP contribution < -0.4 is 10.6 Å². The molecule has 31 heavy (non-hydrogen) atoms. The molecule has 166 valence electrons. The molecule has 1 aliphatic heterocycles. The summed E-state index contributed by atoms with van der Waals surface area (Å²) in [4.78, 5) is 40.0. The first kappa shape index (κ1) is 22.6. The summed E-state index contributed by atoms with van der Waals surface area (Å²) < 4.78 is 5.21. The van der Waals surface area contributed by atoms with Gasteiger partial charge in [-0.3, -0.25) is 14.4 Å². The maximum atomic E-state index is 12.9. The lowest BCUT2D eigenvalue weighted by Crippen LogP contribution is -2.54. The molecule has 7 heteroatoms. The van der Waals surface area contributed by atoms with E-state index in [9.17, 15) is 14.4 Å². The maximum absolute atomic E-state index is 12.9. The first-order valence-electron chi connectivity index (χ1n) is 10.8. The van der Waals surface area contributed by atoms with Gasteiger partial charge in [0.1, 0.15) is 6.04 Å². The Bertz CT molecular complexity index is 882. The molecule has 3 rings (SSSR count). The van der Waals surface area contributed by atoms with Gasteiger partial charge >= 0.3 is 0 Å². The SMILES string of the molecule is Cc1ccc(C(=O)NC(C(=O)NCC(C)C)C2CCN(C(=O)c3ccco3)CC2)cc1. The van der Waals surface area contributed by atoms with Gasteiger partial charge in [-0.2, -0.15) is 0 Å². The molecule has 0 aliphatic carbocycles. The Kier molecular flexibility index (Phi) is 7.50. The summed E-state index contributed by atoms with van der Waals surface area (Å²) in [6.07, 6.45) is 2.73. The van der Waals surface area contributed by atoms with E-state index < -0.39 is 6.04 Å². The third-order valence-corrected chi connectivity index (χ3v) is 5.60. The lowest BCUT2D eigenvalue weighted by molar-refractivity contribution is -0.124. The number of furan rings is 1.